The first-order valence-corrected chi connectivity index (χ1v) is 5.51. The van der Waals surface area contributed by atoms with Gasteiger partial charge in [0.2, 0.25) is 5.78 Å². The van der Waals surface area contributed by atoms with Gasteiger partial charge < -0.3 is 5.21 Å². The Morgan fingerprint density at radius 2 is 1.94 bits per heavy atom. The summed E-state index contributed by atoms with van der Waals surface area (Å²) < 4.78 is 0. The maximum absolute atomic E-state index is 11.6. The predicted octanol–water partition coefficient (Wildman–Crippen LogP) is 3.06. The highest BCUT2D eigenvalue weighted by atomic mass is 16.4. The molecule has 0 heterocycles. The third kappa shape index (κ3) is 3.19. The van der Waals surface area contributed by atoms with Crippen LogP contribution in [0.25, 0.3) is 0 Å². The first-order valence-electron chi connectivity index (χ1n) is 5.51. The molecule has 1 aromatic rings. The second-order valence-electron chi connectivity index (χ2n) is 3.82. The second-order valence-corrected chi connectivity index (χ2v) is 3.82. The van der Waals surface area contributed by atoms with Gasteiger partial charge in [0, 0.05) is 5.56 Å². The van der Waals surface area contributed by atoms with Crippen molar-refractivity contribution in [2.75, 3.05) is 0 Å². The Morgan fingerprint density at radius 1 is 1.31 bits per heavy atom. The molecule has 0 radical (unpaired) electrons. The molecule has 1 rings (SSSR count). The van der Waals surface area contributed by atoms with Crippen molar-refractivity contribution in [3.8, 4) is 0 Å². The van der Waals surface area contributed by atoms with Crippen molar-refractivity contribution in [1.82, 2.24) is 0 Å². The zero-order chi connectivity index (χ0) is 12.0. The first-order chi connectivity index (χ1) is 7.69. The van der Waals surface area contributed by atoms with Crippen LogP contribution in [0.4, 0.5) is 0 Å². The molecule has 3 nitrogen and oxygen atoms in total. The van der Waals surface area contributed by atoms with Gasteiger partial charge >= 0.3 is 0 Å². The molecule has 1 N–H and O–H groups in total. The van der Waals surface area contributed by atoms with Gasteiger partial charge in [0.05, 0.1) is 0 Å². The van der Waals surface area contributed by atoms with Gasteiger partial charge in [0.15, 0.2) is 0 Å². The van der Waals surface area contributed by atoms with Gasteiger partial charge in [-0.3, -0.25) is 4.79 Å². The van der Waals surface area contributed by atoms with Crippen LogP contribution in [0.15, 0.2) is 29.4 Å². The van der Waals surface area contributed by atoms with Gasteiger partial charge in [0.25, 0.3) is 0 Å². The minimum atomic E-state index is -0.232. The summed E-state index contributed by atoms with van der Waals surface area (Å²) in [5, 5.41) is 11.4. The number of ketones is 1. The molecule has 0 spiro atoms. The normalized spacial score (nSPS) is 11.5. The molecule has 0 fully saturated rings. The van der Waals surface area contributed by atoms with E-state index in [0.29, 0.717) is 5.56 Å². The van der Waals surface area contributed by atoms with Gasteiger partial charge in [-0.25, -0.2) is 0 Å². The van der Waals surface area contributed by atoms with E-state index in [1.807, 2.05) is 12.1 Å². The van der Waals surface area contributed by atoms with Crippen molar-refractivity contribution < 1.29 is 10.0 Å². The lowest BCUT2D eigenvalue weighted by Gasteiger charge is -2.02. The minimum absolute atomic E-state index is 0.112. The Kier molecular flexibility index (Phi) is 4.70. The van der Waals surface area contributed by atoms with Crippen molar-refractivity contribution in [3.63, 3.8) is 0 Å². The van der Waals surface area contributed by atoms with Crippen molar-refractivity contribution in [2.24, 2.45) is 5.16 Å². The van der Waals surface area contributed by atoms with Gasteiger partial charge in [0.1, 0.15) is 5.71 Å². The molecule has 0 bridgehead atoms. The predicted molar refractivity (Wildman–Crippen MR) is 64.3 cm³/mol. The number of nitrogens with zero attached hydrogens (tertiary/aromatic N) is 1. The van der Waals surface area contributed by atoms with E-state index in [0.717, 1.165) is 19.3 Å². The zero-order valence-corrected chi connectivity index (χ0v) is 9.73. The van der Waals surface area contributed by atoms with E-state index >= 15 is 0 Å². The first kappa shape index (κ1) is 12.4. The number of hydrogen-bond donors (Lipinski definition) is 1. The highest BCUT2D eigenvalue weighted by Gasteiger charge is 2.09. The minimum Gasteiger partial charge on any atom is -0.411 e. The molecule has 0 atom stereocenters. The average Bonchev–Trinajstić information content (AvgIpc) is 2.35. The second kappa shape index (κ2) is 6.05. The Bertz CT molecular complexity index is 379. The summed E-state index contributed by atoms with van der Waals surface area (Å²) in [4.78, 5) is 11.6. The number of benzene rings is 1. The number of hydrogen-bond acceptors (Lipinski definition) is 3. The van der Waals surface area contributed by atoms with E-state index in [9.17, 15) is 4.79 Å². The van der Waals surface area contributed by atoms with Crippen LogP contribution in [-0.4, -0.2) is 16.7 Å². The third-order valence-electron chi connectivity index (χ3n) is 2.51. The summed E-state index contributed by atoms with van der Waals surface area (Å²) in [7, 11) is 0. The van der Waals surface area contributed by atoms with E-state index < -0.39 is 0 Å². The maximum atomic E-state index is 11.6. The van der Waals surface area contributed by atoms with Gasteiger partial charge in [-0.1, -0.05) is 42.8 Å². The number of oxime groups is 1. The highest BCUT2D eigenvalue weighted by Crippen LogP contribution is 2.09. The molecule has 0 aromatic heterocycles. The lowest BCUT2D eigenvalue weighted by molar-refractivity contribution is 0.106. The fourth-order valence-corrected chi connectivity index (χ4v) is 1.46. The van der Waals surface area contributed by atoms with Crippen LogP contribution in [0, 0.1) is 0 Å². The monoisotopic (exact) mass is 219 g/mol. The fraction of sp³-hybridized carbons (Fsp3) is 0.385. The fourth-order valence-electron chi connectivity index (χ4n) is 1.46. The molecular weight excluding hydrogens is 202 g/mol. The summed E-state index contributed by atoms with van der Waals surface area (Å²) >= 11 is 0. The highest BCUT2D eigenvalue weighted by molar-refractivity contribution is 6.45. The van der Waals surface area contributed by atoms with Crippen molar-refractivity contribution in [3.05, 3.63) is 35.4 Å². The van der Waals surface area contributed by atoms with Crippen LogP contribution in [-0.2, 0) is 6.42 Å². The Morgan fingerprint density at radius 3 is 2.44 bits per heavy atom. The number of unbranched alkanes of at least 4 members (excludes halogenated alkanes) is 1. The standard InChI is InChI=1S/C13H17NO2/c1-3-4-5-11-6-8-12(9-7-11)13(15)10(2)14-16/h6-9,16H,3-5H2,1-2H3. The van der Waals surface area contributed by atoms with E-state index in [-0.39, 0.29) is 11.5 Å². The van der Waals surface area contributed by atoms with Crippen LogP contribution in [0.5, 0.6) is 0 Å². The van der Waals surface area contributed by atoms with Crippen molar-refractivity contribution >= 4 is 11.5 Å². The van der Waals surface area contributed by atoms with Gasteiger partial charge in [-0.15, -0.1) is 0 Å². The summed E-state index contributed by atoms with van der Waals surface area (Å²) in [6.45, 7) is 3.65. The number of Topliss-reactive ketones (excluding diaryl/α,β-unsaturated/α-hetero) is 1. The quantitative estimate of drug-likeness (QED) is 0.358. The lowest BCUT2D eigenvalue weighted by Crippen LogP contribution is -2.10. The summed E-state index contributed by atoms with van der Waals surface area (Å²) in [5.74, 6) is -0.232. The average molecular weight is 219 g/mol. The molecule has 16 heavy (non-hydrogen) atoms. The van der Waals surface area contributed by atoms with Gasteiger partial charge in [-0.2, -0.15) is 0 Å². The topological polar surface area (TPSA) is 49.7 Å². The third-order valence-corrected chi connectivity index (χ3v) is 2.51. The number of carbonyl (C=O) groups excluding carboxylic acids is 1. The number of rotatable bonds is 5. The lowest BCUT2D eigenvalue weighted by atomic mass is 10.0. The van der Waals surface area contributed by atoms with E-state index in [1.54, 1.807) is 12.1 Å². The molecule has 1 aromatic carbocycles. The molecular formula is C13H17NO2. The molecule has 0 amide bonds. The summed E-state index contributed by atoms with van der Waals surface area (Å²) in [6.07, 6.45) is 3.36. The Balaban J connectivity index is 2.75. The molecule has 0 aliphatic rings. The molecule has 0 aliphatic heterocycles. The largest absolute Gasteiger partial charge is 0.411 e. The van der Waals surface area contributed by atoms with Gasteiger partial charge in [-0.05, 0) is 25.3 Å². The molecule has 0 saturated carbocycles. The molecule has 86 valence electrons. The van der Waals surface area contributed by atoms with E-state index in [4.69, 9.17) is 5.21 Å². The van der Waals surface area contributed by atoms with Crippen LogP contribution in [0.3, 0.4) is 0 Å². The molecule has 0 saturated heterocycles. The summed E-state index contributed by atoms with van der Waals surface area (Å²) in [6, 6.07) is 7.46. The smallest absolute Gasteiger partial charge is 0.210 e. The Hall–Kier alpha value is -1.64. The molecule has 0 aliphatic carbocycles. The van der Waals surface area contributed by atoms with Crippen LogP contribution in [0.2, 0.25) is 0 Å². The maximum Gasteiger partial charge on any atom is 0.210 e. The van der Waals surface area contributed by atoms with Crippen LogP contribution >= 0.6 is 0 Å². The van der Waals surface area contributed by atoms with Crippen LogP contribution in [0.1, 0.15) is 42.6 Å². The van der Waals surface area contributed by atoms with Crippen LogP contribution < -0.4 is 0 Å². The van der Waals surface area contributed by atoms with Crippen molar-refractivity contribution in [2.45, 2.75) is 33.1 Å². The zero-order valence-electron chi connectivity index (χ0n) is 9.73. The SMILES string of the molecule is CCCCc1ccc(C(=O)C(C)=NO)cc1. The van der Waals surface area contributed by atoms with E-state index in [2.05, 4.69) is 12.1 Å². The van der Waals surface area contributed by atoms with E-state index in [1.165, 1.54) is 12.5 Å². The summed E-state index contributed by atoms with van der Waals surface area (Å²) in [5.41, 5.74) is 1.91. The Labute approximate surface area is 95.8 Å². The number of aryl methyl sites for hydroxylation is 1. The van der Waals surface area contributed by atoms with Crippen molar-refractivity contribution in [1.29, 1.82) is 0 Å². The molecule has 3 heteroatoms. The number of carbonyl (C=O) groups is 1. The molecule has 0 unspecified atom stereocenters.